The molecule has 5 heteroatoms. The van der Waals surface area contributed by atoms with Gasteiger partial charge in [-0.05, 0) is 44.8 Å². The smallest absolute Gasteiger partial charge is 0.220 e. The number of nitrogens with zero attached hydrogens (tertiary/aromatic N) is 3. The second-order valence-electron chi connectivity index (χ2n) is 7.67. The SMILES string of the molecule is CC1CCC(CN2CCCN(C)CC2)CC(C)([N+](=O)[O-])C1. The highest BCUT2D eigenvalue weighted by atomic mass is 16.6. The van der Waals surface area contributed by atoms with E-state index in [-0.39, 0.29) is 4.92 Å². The van der Waals surface area contributed by atoms with Crippen LogP contribution in [0.25, 0.3) is 0 Å². The molecule has 0 aromatic heterocycles. The molecule has 0 spiro atoms. The Morgan fingerprint density at radius 1 is 1.19 bits per heavy atom. The average molecular weight is 297 g/mol. The van der Waals surface area contributed by atoms with Gasteiger partial charge in [-0.1, -0.05) is 13.3 Å². The number of likely N-dealkylation sites (N-methyl/N-ethyl adjacent to an activating group) is 1. The van der Waals surface area contributed by atoms with E-state index in [1.807, 2.05) is 6.92 Å². The first-order valence-corrected chi connectivity index (χ1v) is 8.44. The first kappa shape index (κ1) is 16.7. The van der Waals surface area contributed by atoms with Crippen LogP contribution in [0, 0.1) is 22.0 Å². The van der Waals surface area contributed by atoms with E-state index in [2.05, 4.69) is 23.8 Å². The van der Waals surface area contributed by atoms with E-state index in [9.17, 15) is 10.1 Å². The van der Waals surface area contributed by atoms with Crippen molar-refractivity contribution in [3.8, 4) is 0 Å². The molecular formula is C16H31N3O2. The summed E-state index contributed by atoms with van der Waals surface area (Å²) in [7, 11) is 2.18. The molecule has 0 radical (unpaired) electrons. The third-order valence-corrected chi connectivity index (χ3v) is 5.35. The zero-order chi connectivity index (χ0) is 15.5. The van der Waals surface area contributed by atoms with Crippen molar-refractivity contribution < 1.29 is 4.92 Å². The van der Waals surface area contributed by atoms with Crippen molar-refractivity contribution >= 4 is 0 Å². The first-order chi connectivity index (χ1) is 9.89. The van der Waals surface area contributed by atoms with Crippen LogP contribution in [0.3, 0.4) is 0 Å². The van der Waals surface area contributed by atoms with Crippen LogP contribution in [0.1, 0.15) is 46.0 Å². The van der Waals surface area contributed by atoms with Crippen molar-refractivity contribution in [2.45, 2.75) is 51.5 Å². The van der Waals surface area contributed by atoms with Crippen LogP contribution in [-0.4, -0.2) is 60.0 Å². The van der Waals surface area contributed by atoms with Crippen molar-refractivity contribution in [3.05, 3.63) is 10.1 Å². The predicted octanol–water partition coefficient (Wildman–Crippen LogP) is 2.49. The second kappa shape index (κ2) is 7.05. The predicted molar refractivity (Wildman–Crippen MR) is 85.1 cm³/mol. The molecule has 2 fully saturated rings. The zero-order valence-electron chi connectivity index (χ0n) is 13.9. The summed E-state index contributed by atoms with van der Waals surface area (Å²) in [6.07, 6.45) is 4.99. The highest BCUT2D eigenvalue weighted by Gasteiger charge is 2.43. The Balaban J connectivity index is 1.96. The van der Waals surface area contributed by atoms with Gasteiger partial charge in [-0.25, -0.2) is 0 Å². The van der Waals surface area contributed by atoms with Crippen LogP contribution in [0.5, 0.6) is 0 Å². The summed E-state index contributed by atoms with van der Waals surface area (Å²) in [6, 6.07) is 0. The molecule has 1 saturated carbocycles. The van der Waals surface area contributed by atoms with Crippen LogP contribution >= 0.6 is 0 Å². The fraction of sp³-hybridized carbons (Fsp3) is 1.00. The summed E-state index contributed by atoms with van der Waals surface area (Å²) in [4.78, 5) is 16.4. The molecule has 1 aliphatic heterocycles. The number of rotatable bonds is 3. The Morgan fingerprint density at radius 3 is 2.67 bits per heavy atom. The van der Waals surface area contributed by atoms with Crippen molar-refractivity contribution in [1.82, 2.24) is 9.80 Å². The van der Waals surface area contributed by atoms with Crippen molar-refractivity contribution in [3.63, 3.8) is 0 Å². The Kier molecular flexibility index (Phi) is 5.60. The van der Waals surface area contributed by atoms with Crippen molar-refractivity contribution in [2.24, 2.45) is 11.8 Å². The molecule has 2 rings (SSSR count). The molecule has 0 amide bonds. The molecule has 21 heavy (non-hydrogen) atoms. The standard InChI is InChI=1S/C16H31N3O2/c1-14-5-6-15(12-16(2,11-14)19(20)21)13-18-8-4-7-17(3)9-10-18/h14-15H,4-13H2,1-3H3. The van der Waals surface area contributed by atoms with E-state index in [0.717, 1.165) is 51.9 Å². The topological polar surface area (TPSA) is 49.6 Å². The van der Waals surface area contributed by atoms with Gasteiger partial charge >= 0.3 is 0 Å². The lowest BCUT2D eigenvalue weighted by Gasteiger charge is -2.28. The molecular weight excluding hydrogens is 266 g/mol. The second-order valence-corrected chi connectivity index (χ2v) is 7.67. The lowest BCUT2D eigenvalue weighted by atomic mass is 9.86. The first-order valence-electron chi connectivity index (χ1n) is 8.44. The van der Waals surface area contributed by atoms with Gasteiger partial charge in [-0.3, -0.25) is 10.1 Å². The number of hydrogen-bond acceptors (Lipinski definition) is 4. The van der Waals surface area contributed by atoms with E-state index in [0.29, 0.717) is 11.8 Å². The molecule has 3 unspecified atom stereocenters. The van der Waals surface area contributed by atoms with E-state index in [4.69, 9.17) is 0 Å². The van der Waals surface area contributed by atoms with E-state index < -0.39 is 5.54 Å². The Bertz CT molecular complexity index is 363. The summed E-state index contributed by atoms with van der Waals surface area (Å²) >= 11 is 0. The molecule has 3 atom stereocenters. The highest BCUT2D eigenvalue weighted by Crippen LogP contribution is 2.36. The lowest BCUT2D eigenvalue weighted by molar-refractivity contribution is -0.569. The molecule has 1 heterocycles. The summed E-state index contributed by atoms with van der Waals surface area (Å²) < 4.78 is 0. The Morgan fingerprint density at radius 2 is 1.95 bits per heavy atom. The minimum atomic E-state index is -0.719. The summed E-state index contributed by atoms with van der Waals surface area (Å²) in [5.41, 5.74) is -0.719. The highest BCUT2D eigenvalue weighted by molar-refractivity contribution is 4.85. The van der Waals surface area contributed by atoms with Crippen LogP contribution in [0.4, 0.5) is 0 Å². The van der Waals surface area contributed by atoms with Gasteiger partial charge in [0.15, 0.2) is 0 Å². The average Bonchev–Trinajstić information content (AvgIpc) is 2.68. The van der Waals surface area contributed by atoms with Crippen molar-refractivity contribution in [1.29, 1.82) is 0 Å². The summed E-state index contributed by atoms with van der Waals surface area (Å²) in [5.74, 6) is 0.953. The number of hydrogen-bond donors (Lipinski definition) is 0. The molecule has 5 nitrogen and oxygen atoms in total. The van der Waals surface area contributed by atoms with E-state index in [1.54, 1.807) is 0 Å². The van der Waals surface area contributed by atoms with Crippen LogP contribution in [-0.2, 0) is 0 Å². The third-order valence-electron chi connectivity index (χ3n) is 5.35. The summed E-state index contributed by atoms with van der Waals surface area (Å²) in [5, 5.41) is 11.5. The molecule has 1 aliphatic carbocycles. The monoisotopic (exact) mass is 297 g/mol. The lowest BCUT2D eigenvalue weighted by Crippen LogP contribution is -2.40. The van der Waals surface area contributed by atoms with Crippen LogP contribution in [0.15, 0.2) is 0 Å². The maximum absolute atomic E-state index is 11.5. The van der Waals surface area contributed by atoms with E-state index in [1.165, 1.54) is 13.0 Å². The Labute approximate surface area is 128 Å². The fourth-order valence-electron chi connectivity index (χ4n) is 4.13. The molecule has 0 N–H and O–H groups in total. The quantitative estimate of drug-likeness (QED) is 0.456. The van der Waals surface area contributed by atoms with Gasteiger partial charge in [0.25, 0.3) is 0 Å². The summed E-state index contributed by atoms with van der Waals surface area (Å²) in [6.45, 7) is 9.62. The molecule has 1 saturated heterocycles. The molecule has 0 aromatic rings. The van der Waals surface area contributed by atoms with Gasteiger partial charge in [0, 0.05) is 44.3 Å². The zero-order valence-corrected chi connectivity index (χ0v) is 13.9. The van der Waals surface area contributed by atoms with Gasteiger partial charge in [-0.2, -0.15) is 0 Å². The van der Waals surface area contributed by atoms with Crippen LogP contribution < -0.4 is 0 Å². The largest absolute Gasteiger partial charge is 0.305 e. The minimum Gasteiger partial charge on any atom is -0.305 e. The minimum absolute atomic E-state index is 0.0158. The number of nitro groups is 1. The van der Waals surface area contributed by atoms with E-state index >= 15 is 0 Å². The molecule has 0 aromatic carbocycles. The maximum atomic E-state index is 11.5. The van der Waals surface area contributed by atoms with Gasteiger partial charge in [0.1, 0.15) is 0 Å². The van der Waals surface area contributed by atoms with Gasteiger partial charge in [0.2, 0.25) is 5.54 Å². The van der Waals surface area contributed by atoms with Gasteiger partial charge in [-0.15, -0.1) is 0 Å². The molecule has 2 aliphatic rings. The maximum Gasteiger partial charge on any atom is 0.220 e. The Hall–Kier alpha value is -0.680. The normalized spacial score (nSPS) is 36.9. The van der Waals surface area contributed by atoms with Crippen molar-refractivity contribution in [2.75, 3.05) is 39.8 Å². The van der Waals surface area contributed by atoms with Gasteiger partial charge < -0.3 is 9.80 Å². The van der Waals surface area contributed by atoms with Gasteiger partial charge in [0.05, 0.1) is 0 Å². The van der Waals surface area contributed by atoms with Crippen LogP contribution in [0.2, 0.25) is 0 Å². The molecule has 122 valence electrons. The third kappa shape index (κ3) is 4.65. The molecule has 0 bridgehead atoms. The fourth-order valence-corrected chi connectivity index (χ4v) is 4.13.